The van der Waals surface area contributed by atoms with Crippen LogP contribution in [0.2, 0.25) is 0 Å². The van der Waals surface area contributed by atoms with Crippen LogP contribution in [0.15, 0.2) is 48.5 Å². The summed E-state index contributed by atoms with van der Waals surface area (Å²) in [4.78, 5) is 12.4. The largest absolute Gasteiger partial charge is 0.398 e. The first-order chi connectivity index (χ1) is 9.45. The zero-order chi connectivity index (χ0) is 14.8. The molecule has 2 heteroatoms. The van der Waals surface area contributed by atoms with Crippen molar-refractivity contribution >= 4 is 11.5 Å². The van der Waals surface area contributed by atoms with E-state index >= 15 is 0 Å². The molecular formula is C18H21NO. The lowest BCUT2D eigenvalue weighted by atomic mass is 9.82. The number of para-hydroxylation sites is 1. The fourth-order valence-electron chi connectivity index (χ4n) is 2.14. The molecule has 0 atom stereocenters. The molecule has 0 saturated heterocycles. The van der Waals surface area contributed by atoms with Gasteiger partial charge in [-0.15, -0.1) is 0 Å². The lowest BCUT2D eigenvalue weighted by Gasteiger charge is -2.23. The maximum Gasteiger partial charge on any atom is 0.195 e. The van der Waals surface area contributed by atoms with Gasteiger partial charge in [0.15, 0.2) is 5.78 Å². The van der Waals surface area contributed by atoms with Gasteiger partial charge in [-0.3, -0.25) is 4.79 Å². The molecule has 0 amide bonds. The van der Waals surface area contributed by atoms with E-state index in [9.17, 15) is 4.79 Å². The Hall–Kier alpha value is -2.09. The van der Waals surface area contributed by atoms with E-state index in [-0.39, 0.29) is 11.2 Å². The predicted octanol–water partition coefficient (Wildman–Crippen LogP) is 4.19. The predicted molar refractivity (Wildman–Crippen MR) is 84.0 cm³/mol. The third kappa shape index (κ3) is 2.74. The minimum atomic E-state index is -0.0241. The van der Waals surface area contributed by atoms with Gasteiger partial charge in [0.1, 0.15) is 0 Å². The van der Waals surface area contributed by atoms with Crippen LogP contribution in [0.25, 0.3) is 0 Å². The number of hydrogen-bond donors (Lipinski definition) is 1. The van der Waals surface area contributed by atoms with Gasteiger partial charge in [0, 0.05) is 16.8 Å². The highest BCUT2D eigenvalue weighted by molar-refractivity contribution is 6.12. The third-order valence-electron chi connectivity index (χ3n) is 4.02. The molecule has 0 heterocycles. The monoisotopic (exact) mass is 267 g/mol. The number of nitrogens with two attached hydrogens (primary N) is 1. The molecule has 0 bridgehead atoms. The van der Waals surface area contributed by atoms with Crippen molar-refractivity contribution in [2.24, 2.45) is 0 Å². The number of hydrogen-bond acceptors (Lipinski definition) is 2. The van der Waals surface area contributed by atoms with Gasteiger partial charge in [0.25, 0.3) is 0 Å². The summed E-state index contributed by atoms with van der Waals surface area (Å²) in [5.74, 6) is -0.0241. The third-order valence-corrected chi connectivity index (χ3v) is 4.02. The van der Waals surface area contributed by atoms with E-state index in [1.807, 2.05) is 36.4 Å². The molecule has 0 spiro atoms. The van der Waals surface area contributed by atoms with Crippen molar-refractivity contribution in [1.82, 2.24) is 0 Å². The van der Waals surface area contributed by atoms with Crippen molar-refractivity contribution in [2.45, 2.75) is 32.6 Å². The topological polar surface area (TPSA) is 43.1 Å². The molecule has 104 valence electrons. The fourth-order valence-corrected chi connectivity index (χ4v) is 2.14. The molecule has 0 aliphatic heterocycles. The van der Waals surface area contributed by atoms with Crippen LogP contribution in [0.4, 0.5) is 5.69 Å². The van der Waals surface area contributed by atoms with Crippen molar-refractivity contribution in [3.8, 4) is 0 Å². The number of benzene rings is 2. The Labute approximate surface area is 120 Å². The first-order valence-corrected chi connectivity index (χ1v) is 6.95. The maximum atomic E-state index is 12.4. The quantitative estimate of drug-likeness (QED) is 0.667. The van der Waals surface area contributed by atoms with Gasteiger partial charge in [-0.05, 0) is 29.5 Å². The summed E-state index contributed by atoms with van der Waals surface area (Å²) < 4.78 is 0. The first-order valence-electron chi connectivity index (χ1n) is 6.95. The molecule has 0 aliphatic rings. The Kier molecular flexibility index (Phi) is 3.93. The minimum Gasteiger partial charge on any atom is -0.398 e. The van der Waals surface area contributed by atoms with E-state index in [1.54, 1.807) is 12.1 Å². The SMILES string of the molecule is CCC(C)(C)c1ccc(C(=O)c2ccccc2N)cc1. The summed E-state index contributed by atoms with van der Waals surface area (Å²) in [5.41, 5.74) is 9.01. The first kappa shape index (κ1) is 14.3. The van der Waals surface area contributed by atoms with E-state index in [4.69, 9.17) is 5.73 Å². The highest BCUT2D eigenvalue weighted by Gasteiger charge is 2.18. The van der Waals surface area contributed by atoms with Gasteiger partial charge < -0.3 is 5.73 Å². The van der Waals surface area contributed by atoms with Crippen molar-refractivity contribution in [1.29, 1.82) is 0 Å². The fraction of sp³-hybridized carbons (Fsp3) is 0.278. The van der Waals surface area contributed by atoms with Gasteiger partial charge in [-0.25, -0.2) is 0 Å². The standard InChI is InChI=1S/C18H21NO/c1-4-18(2,3)14-11-9-13(10-12-14)17(20)15-7-5-6-8-16(15)19/h5-12H,4,19H2,1-3H3. The zero-order valence-electron chi connectivity index (χ0n) is 12.3. The summed E-state index contributed by atoms with van der Waals surface area (Å²) >= 11 is 0. The summed E-state index contributed by atoms with van der Waals surface area (Å²) in [6.07, 6.45) is 1.06. The number of nitrogen functional groups attached to an aromatic ring is 1. The van der Waals surface area contributed by atoms with Crippen LogP contribution in [0, 0.1) is 0 Å². The van der Waals surface area contributed by atoms with Crippen molar-refractivity contribution in [3.05, 3.63) is 65.2 Å². The average Bonchev–Trinajstić information content (AvgIpc) is 2.47. The van der Waals surface area contributed by atoms with Gasteiger partial charge in [0.2, 0.25) is 0 Å². The molecule has 0 fully saturated rings. The lowest BCUT2D eigenvalue weighted by Crippen LogP contribution is -2.15. The zero-order valence-corrected chi connectivity index (χ0v) is 12.3. The second kappa shape index (κ2) is 5.49. The molecule has 2 aromatic rings. The van der Waals surface area contributed by atoms with E-state index in [2.05, 4.69) is 20.8 Å². The minimum absolute atomic E-state index is 0.0241. The van der Waals surface area contributed by atoms with E-state index < -0.39 is 0 Å². The number of carbonyl (C=O) groups is 1. The van der Waals surface area contributed by atoms with Crippen molar-refractivity contribution < 1.29 is 4.79 Å². The van der Waals surface area contributed by atoms with E-state index in [1.165, 1.54) is 5.56 Å². The number of anilines is 1. The lowest BCUT2D eigenvalue weighted by molar-refractivity contribution is 0.103. The van der Waals surface area contributed by atoms with Crippen LogP contribution < -0.4 is 5.73 Å². The highest BCUT2D eigenvalue weighted by Crippen LogP contribution is 2.27. The maximum absolute atomic E-state index is 12.4. The summed E-state index contributed by atoms with van der Waals surface area (Å²) in [5, 5.41) is 0. The molecule has 2 aromatic carbocycles. The van der Waals surface area contributed by atoms with Crippen molar-refractivity contribution in [3.63, 3.8) is 0 Å². The highest BCUT2D eigenvalue weighted by atomic mass is 16.1. The number of carbonyl (C=O) groups excluding carboxylic acids is 1. The van der Waals surface area contributed by atoms with Crippen LogP contribution >= 0.6 is 0 Å². The van der Waals surface area contributed by atoms with Gasteiger partial charge in [0.05, 0.1) is 0 Å². The van der Waals surface area contributed by atoms with Crippen LogP contribution in [0.1, 0.15) is 48.7 Å². The number of rotatable bonds is 4. The molecule has 2 nitrogen and oxygen atoms in total. The Morgan fingerprint density at radius 3 is 2.20 bits per heavy atom. The van der Waals surface area contributed by atoms with Gasteiger partial charge >= 0.3 is 0 Å². The molecule has 0 aromatic heterocycles. The number of ketones is 1. The Morgan fingerprint density at radius 2 is 1.65 bits per heavy atom. The second-order valence-electron chi connectivity index (χ2n) is 5.73. The van der Waals surface area contributed by atoms with Gasteiger partial charge in [-0.1, -0.05) is 57.2 Å². The van der Waals surface area contributed by atoms with Crippen LogP contribution in [-0.4, -0.2) is 5.78 Å². The second-order valence-corrected chi connectivity index (χ2v) is 5.73. The van der Waals surface area contributed by atoms with Crippen LogP contribution in [0.3, 0.4) is 0 Å². The van der Waals surface area contributed by atoms with Crippen LogP contribution in [-0.2, 0) is 5.41 Å². The van der Waals surface area contributed by atoms with E-state index in [0.717, 1.165) is 6.42 Å². The summed E-state index contributed by atoms with van der Waals surface area (Å²) in [6.45, 7) is 6.59. The molecule has 2 rings (SSSR count). The molecule has 0 saturated carbocycles. The molecule has 0 unspecified atom stereocenters. The van der Waals surface area contributed by atoms with Crippen LogP contribution in [0.5, 0.6) is 0 Å². The Bertz CT molecular complexity index is 612. The smallest absolute Gasteiger partial charge is 0.195 e. The van der Waals surface area contributed by atoms with Crippen molar-refractivity contribution in [2.75, 3.05) is 5.73 Å². The Balaban J connectivity index is 2.32. The molecule has 20 heavy (non-hydrogen) atoms. The molecule has 2 N–H and O–H groups in total. The summed E-state index contributed by atoms with van der Waals surface area (Å²) in [6, 6.07) is 15.0. The average molecular weight is 267 g/mol. The molecule has 0 aliphatic carbocycles. The van der Waals surface area contributed by atoms with Gasteiger partial charge in [-0.2, -0.15) is 0 Å². The molecule has 0 radical (unpaired) electrons. The van der Waals surface area contributed by atoms with E-state index in [0.29, 0.717) is 16.8 Å². The Morgan fingerprint density at radius 1 is 1.05 bits per heavy atom. The molecular weight excluding hydrogens is 246 g/mol. The normalized spacial score (nSPS) is 11.3. The summed E-state index contributed by atoms with van der Waals surface area (Å²) in [7, 11) is 0.